The smallest absolute Gasteiger partial charge is 0.0868 e. The molecule has 1 aromatic rings. The van der Waals surface area contributed by atoms with Crippen LogP contribution in [0.3, 0.4) is 0 Å². The second-order valence-corrected chi connectivity index (χ2v) is 2.54. The monoisotopic (exact) mass is 172 g/mol. The zero-order valence-corrected chi connectivity index (χ0v) is 6.67. The number of nitrogens with two attached hydrogens (primary N) is 1. The van der Waals surface area contributed by atoms with Crippen LogP contribution in [0.25, 0.3) is 0 Å². The van der Waals surface area contributed by atoms with Gasteiger partial charge < -0.3 is 10.8 Å². The second kappa shape index (κ2) is 3.67. The Bertz CT molecular complexity index is 252. The van der Waals surface area contributed by atoms with E-state index in [0.717, 1.165) is 5.56 Å². The van der Waals surface area contributed by atoms with E-state index in [1.165, 1.54) is 0 Å². The van der Waals surface area contributed by atoms with Gasteiger partial charge in [-0.2, -0.15) is 0 Å². The Morgan fingerprint density at radius 2 is 2.36 bits per heavy atom. The molecule has 0 atom stereocenters. The fraction of sp³-hybridized carbons (Fsp3) is 0.286. The first-order valence-corrected chi connectivity index (χ1v) is 3.60. The standard InChI is InChI=1S/C7H9ClN2O/c8-6-1-5(2-9)3-10-7(6)4-11/h1,3,11H,2,4,9H2. The summed E-state index contributed by atoms with van der Waals surface area (Å²) in [6, 6.07) is 1.71. The molecule has 0 aliphatic heterocycles. The number of rotatable bonds is 2. The van der Waals surface area contributed by atoms with Crippen molar-refractivity contribution in [1.82, 2.24) is 4.98 Å². The predicted octanol–water partition coefficient (Wildman–Crippen LogP) is 0.686. The number of hydrogen-bond acceptors (Lipinski definition) is 3. The number of aromatic nitrogens is 1. The van der Waals surface area contributed by atoms with Gasteiger partial charge >= 0.3 is 0 Å². The largest absolute Gasteiger partial charge is 0.390 e. The van der Waals surface area contributed by atoms with Gasteiger partial charge in [0.05, 0.1) is 17.3 Å². The van der Waals surface area contributed by atoms with E-state index in [9.17, 15) is 0 Å². The summed E-state index contributed by atoms with van der Waals surface area (Å²) in [6.45, 7) is 0.280. The molecule has 0 bridgehead atoms. The van der Waals surface area contributed by atoms with E-state index in [0.29, 0.717) is 17.3 Å². The third-order valence-corrected chi connectivity index (χ3v) is 1.69. The Balaban J connectivity index is 2.99. The molecule has 0 saturated carbocycles. The topological polar surface area (TPSA) is 59.1 Å². The van der Waals surface area contributed by atoms with E-state index in [4.69, 9.17) is 22.4 Å². The molecule has 1 aromatic heterocycles. The summed E-state index contributed by atoms with van der Waals surface area (Å²) >= 11 is 5.73. The summed E-state index contributed by atoms with van der Waals surface area (Å²) in [5.74, 6) is 0. The predicted molar refractivity (Wildman–Crippen MR) is 43.1 cm³/mol. The highest BCUT2D eigenvalue weighted by molar-refractivity contribution is 6.31. The zero-order chi connectivity index (χ0) is 8.27. The van der Waals surface area contributed by atoms with Gasteiger partial charge in [0, 0.05) is 12.7 Å². The molecule has 60 valence electrons. The molecule has 1 heterocycles. The Hall–Kier alpha value is -0.640. The maximum atomic E-state index is 8.70. The SMILES string of the molecule is NCc1cnc(CO)c(Cl)c1. The van der Waals surface area contributed by atoms with Crippen molar-refractivity contribution < 1.29 is 5.11 Å². The van der Waals surface area contributed by atoms with Crippen molar-refractivity contribution in [3.05, 3.63) is 28.5 Å². The van der Waals surface area contributed by atoms with Crippen molar-refractivity contribution in [2.45, 2.75) is 13.2 Å². The van der Waals surface area contributed by atoms with Crippen LogP contribution in [-0.4, -0.2) is 10.1 Å². The van der Waals surface area contributed by atoms with Crippen molar-refractivity contribution in [3.8, 4) is 0 Å². The molecular formula is C7H9ClN2O. The van der Waals surface area contributed by atoms with Crippen molar-refractivity contribution in [2.75, 3.05) is 0 Å². The van der Waals surface area contributed by atoms with Crippen LogP contribution < -0.4 is 5.73 Å². The average Bonchev–Trinajstić information content (AvgIpc) is 2.04. The van der Waals surface area contributed by atoms with Gasteiger partial charge in [-0.1, -0.05) is 11.6 Å². The van der Waals surface area contributed by atoms with Gasteiger partial charge in [-0.25, -0.2) is 0 Å². The molecule has 0 aromatic carbocycles. The molecule has 0 aliphatic carbocycles. The van der Waals surface area contributed by atoms with E-state index >= 15 is 0 Å². The summed E-state index contributed by atoms with van der Waals surface area (Å²) in [7, 11) is 0. The van der Waals surface area contributed by atoms with Crippen molar-refractivity contribution >= 4 is 11.6 Å². The highest BCUT2D eigenvalue weighted by Crippen LogP contribution is 2.14. The number of aliphatic hydroxyl groups is 1. The van der Waals surface area contributed by atoms with Crippen LogP contribution in [0, 0.1) is 0 Å². The van der Waals surface area contributed by atoms with E-state index < -0.39 is 0 Å². The second-order valence-electron chi connectivity index (χ2n) is 2.13. The van der Waals surface area contributed by atoms with Gasteiger partial charge in [0.2, 0.25) is 0 Å². The Morgan fingerprint density at radius 3 is 2.82 bits per heavy atom. The highest BCUT2D eigenvalue weighted by atomic mass is 35.5. The van der Waals surface area contributed by atoms with Gasteiger partial charge in [0.1, 0.15) is 0 Å². The summed E-state index contributed by atoms with van der Waals surface area (Å²) in [5.41, 5.74) is 6.71. The molecule has 0 radical (unpaired) electrons. The quantitative estimate of drug-likeness (QED) is 0.690. The van der Waals surface area contributed by atoms with E-state index in [1.54, 1.807) is 12.3 Å². The first kappa shape index (κ1) is 8.46. The fourth-order valence-corrected chi connectivity index (χ4v) is 0.983. The third kappa shape index (κ3) is 1.89. The zero-order valence-electron chi connectivity index (χ0n) is 5.92. The molecule has 0 spiro atoms. The summed E-state index contributed by atoms with van der Waals surface area (Å²) < 4.78 is 0. The summed E-state index contributed by atoms with van der Waals surface area (Å²) in [6.07, 6.45) is 1.61. The molecule has 0 amide bonds. The van der Waals surface area contributed by atoms with Crippen LogP contribution in [0.15, 0.2) is 12.3 Å². The minimum absolute atomic E-state index is 0.135. The number of pyridine rings is 1. The van der Waals surface area contributed by atoms with Crippen molar-refractivity contribution in [1.29, 1.82) is 0 Å². The maximum absolute atomic E-state index is 8.70. The molecule has 0 unspecified atom stereocenters. The van der Waals surface area contributed by atoms with Gasteiger partial charge in [0.25, 0.3) is 0 Å². The molecule has 0 aliphatic rings. The van der Waals surface area contributed by atoms with Crippen LogP contribution in [0.1, 0.15) is 11.3 Å². The number of nitrogens with zero attached hydrogens (tertiary/aromatic N) is 1. The van der Waals surface area contributed by atoms with Crippen LogP contribution in [-0.2, 0) is 13.2 Å². The minimum Gasteiger partial charge on any atom is -0.390 e. The number of halogens is 1. The molecule has 0 saturated heterocycles. The summed E-state index contributed by atoms with van der Waals surface area (Å²) in [4.78, 5) is 3.91. The Labute approximate surface area is 69.8 Å². The first-order chi connectivity index (χ1) is 5.27. The van der Waals surface area contributed by atoms with Crippen LogP contribution in [0.5, 0.6) is 0 Å². The highest BCUT2D eigenvalue weighted by Gasteiger charge is 2.00. The summed E-state index contributed by atoms with van der Waals surface area (Å²) in [5, 5.41) is 9.17. The van der Waals surface area contributed by atoms with Crippen LogP contribution in [0.2, 0.25) is 5.02 Å². The lowest BCUT2D eigenvalue weighted by Gasteiger charge is -2.00. The number of aliphatic hydroxyl groups excluding tert-OH is 1. The lowest BCUT2D eigenvalue weighted by Crippen LogP contribution is -1.99. The Morgan fingerprint density at radius 1 is 1.64 bits per heavy atom. The average molecular weight is 173 g/mol. The molecule has 0 fully saturated rings. The minimum atomic E-state index is -0.135. The molecule has 4 heteroatoms. The van der Waals surface area contributed by atoms with E-state index in [1.807, 2.05) is 0 Å². The molecule has 1 rings (SSSR count). The van der Waals surface area contributed by atoms with E-state index in [-0.39, 0.29) is 6.61 Å². The maximum Gasteiger partial charge on any atom is 0.0868 e. The van der Waals surface area contributed by atoms with Crippen LogP contribution in [0.4, 0.5) is 0 Å². The van der Waals surface area contributed by atoms with Crippen LogP contribution >= 0.6 is 11.6 Å². The van der Waals surface area contributed by atoms with Gasteiger partial charge in [-0.3, -0.25) is 4.98 Å². The number of hydrogen-bond donors (Lipinski definition) is 2. The lowest BCUT2D eigenvalue weighted by atomic mass is 10.2. The third-order valence-electron chi connectivity index (χ3n) is 1.36. The molecular weight excluding hydrogens is 164 g/mol. The van der Waals surface area contributed by atoms with Crippen molar-refractivity contribution in [3.63, 3.8) is 0 Å². The normalized spacial score (nSPS) is 10.1. The first-order valence-electron chi connectivity index (χ1n) is 3.22. The van der Waals surface area contributed by atoms with Gasteiger partial charge in [0.15, 0.2) is 0 Å². The van der Waals surface area contributed by atoms with Gasteiger partial charge in [-0.15, -0.1) is 0 Å². The molecule has 3 nitrogen and oxygen atoms in total. The molecule has 11 heavy (non-hydrogen) atoms. The lowest BCUT2D eigenvalue weighted by molar-refractivity contribution is 0.277. The fourth-order valence-electron chi connectivity index (χ4n) is 0.734. The Kier molecular flexibility index (Phi) is 2.82. The van der Waals surface area contributed by atoms with Gasteiger partial charge in [-0.05, 0) is 11.6 Å². The molecule has 3 N–H and O–H groups in total. The van der Waals surface area contributed by atoms with E-state index in [2.05, 4.69) is 4.98 Å². The van der Waals surface area contributed by atoms with Crippen molar-refractivity contribution in [2.24, 2.45) is 5.73 Å².